The van der Waals surface area contributed by atoms with E-state index in [1.54, 1.807) is 6.07 Å². The van der Waals surface area contributed by atoms with Gasteiger partial charge in [-0.25, -0.2) is 4.79 Å². The number of phenolic OH excluding ortho intramolecular Hbond substituents is 1. The fraction of sp³-hybridized carbons (Fsp3) is 0.292. The van der Waals surface area contributed by atoms with Crippen LogP contribution >= 0.6 is 0 Å². The van der Waals surface area contributed by atoms with Gasteiger partial charge in [0, 0.05) is 21.9 Å². The quantitative estimate of drug-likeness (QED) is 0.443. The maximum atomic E-state index is 12.6. The molecular weight excluding hydrogens is 352 g/mol. The summed E-state index contributed by atoms with van der Waals surface area (Å²) in [5.74, 6) is 1.66. The molecule has 0 amide bonds. The molecule has 2 aliphatic carbocycles. The number of rotatable bonds is 2. The summed E-state index contributed by atoms with van der Waals surface area (Å²) in [6.45, 7) is 4.08. The van der Waals surface area contributed by atoms with Crippen LogP contribution in [0.5, 0.6) is 17.2 Å². The molecule has 5 rings (SSSR count). The zero-order chi connectivity index (χ0) is 19.5. The highest BCUT2D eigenvalue weighted by molar-refractivity contribution is 5.98. The molecule has 0 radical (unpaired) electrons. The summed E-state index contributed by atoms with van der Waals surface area (Å²) in [7, 11) is 0. The second-order valence-electron chi connectivity index (χ2n) is 8.23. The highest BCUT2D eigenvalue weighted by atomic mass is 16.7. The monoisotopic (exact) mass is 374 g/mol. The molecule has 142 valence electrons. The fourth-order valence-electron chi connectivity index (χ4n) is 5.10. The van der Waals surface area contributed by atoms with E-state index >= 15 is 0 Å². The third-order valence-corrected chi connectivity index (χ3v) is 6.40. The van der Waals surface area contributed by atoms with Crippen molar-refractivity contribution in [1.82, 2.24) is 0 Å². The number of benzene rings is 3. The van der Waals surface area contributed by atoms with E-state index in [1.165, 1.54) is 0 Å². The highest BCUT2D eigenvalue weighted by Gasteiger charge is 2.50. The minimum absolute atomic E-state index is 0.0633. The van der Waals surface area contributed by atoms with Gasteiger partial charge in [0.05, 0.1) is 0 Å². The van der Waals surface area contributed by atoms with E-state index < -0.39 is 6.16 Å². The number of ether oxygens (including phenoxy) is 2. The summed E-state index contributed by atoms with van der Waals surface area (Å²) in [6, 6.07) is 14.9. The molecule has 2 bridgehead atoms. The zero-order valence-corrected chi connectivity index (χ0v) is 16.0. The first kappa shape index (κ1) is 17.1. The van der Waals surface area contributed by atoms with Crippen LogP contribution in [-0.4, -0.2) is 11.3 Å². The molecule has 0 aromatic heterocycles. The Morgan fingerprint density at radius 1 is 1.07 bits per heavy atom. The molecule has 0 spiro atoms. The molecule has 0 saturated heterocycles. The SMILES string of the molecule is Cc1ccccc1OC(=O)Oc1c2c(c(O)c3ccccc13)C1(C)CCC2C1. The second-order valence-corrected chi connectivity index (χ2v) is 8.23. The average Bonchev–Trinajstić information content (AvgIpc) is 3.21. The first-order valence-corrected chi connectivity index (χ1v) is 9.71. The Bertz CT molecular complexity index is 1120. The number of carbonyl (C=O) groups is 1. The zero-order valence-electron chi connectivity index (χ0n) is 16.0. The van der Waals surface area contributed by atoms with Gasteiger partial charge in [-0.1, -0.05) is 49.4 Å². The molecule has 3 aromatic carbocycles. The van der Waals surface area contributed by atoms with E-state index in [4.69, 9.17) is 9.47 Å². The molecule has 0 heterocycles. The van der Waals surface area contributed by atoms with Crippen molar-refractivity contribution < 1.29 is 19.4 Å². The number of para-hydroxylation sites is 1. The first-order valence-electron chi connectivity index (χ1n) is 9.71. The summed E-state index contributed by atoms with van der Waals surface area (Å²) < 4.78 is 11.3. The average molecular weight is 374 g/mol. The minimum atomic E-state index is -0.750. The molecule has 1 N–H and O–H groups in total. The summed E-state index contributed by atoms with van der Waals surface area (Å²) in [5.41, 5.74) is 2.73. The molecule has 3 aromatic rings. The van der Waals surface area contributed by atoms with Gasteiger partial charge in [-0.2, -0.15) is 0 Å². The lowest BCUT2D eigenvalue weighted by atomic mass is 9.79. The Kier molecular flexibility index (Phi) is 3.66. The van der Waals surface area contributed by atoms with Gasteiger partial charge in [0.2, 0.25) is 0 Å². The van der Waals surface area contributed by atoms with Crippen LogP contribution < -0.4 is 9.47 Å². The van der Waals surface area contributed by atoms with Crippen LogP contribution in [0.3, 0.4) is 0 Å². The molecular formula is C24H22O4. The smallest absolute Gasteiger partial charge is 0.507 e. The van der Waals surface area contributed by atoms with Gasteiger partial charge in [0.25, 0.3) is 0 Å². The lowest BCUT2D eigenvalue weighted by Gasteiger charge is -2.27. The molecule has 28 heavy (non-hydrogen) atoms. The van der Waals surface area contributed by atoms with Gasteiger partial charge < -0.3 is 14.6 Å². The lowest BCUT2D eigenvalue weighted by molar-refractivity contribution is 0.151. The van der Waals surface area contributed by atoms with Crippen LogP contribution in [0.15, 0.2) is 48.5 Å². The van der Waals surface area contributed by atoms with E-state index in [-0.39, 0.29) is 5.41 Å². The van der Waals surface area contributed by atoms with Crippen LogP contribution in [0.4, 0.5) is 4.79 Å². The van der Waals surface area contributed by atoms with E-state index in [1.807, 2.05) is 49.4 Å². The number of hydrogen-bond acceptors (Lipinski definition) is 4. The lowest BCUT2D eigenvalue weighted by Crippen LogP contribution is -2.19. The van der Waals surface area contributed by atoms with Gasteiger partial charge in [0.15, 0.2) is 0 Å². The van der Waals surface area contributed by atoms with E-state index in [0.717, 1.165) is 41.3 Å². The van der Waals surface area contributed by atoms with Crippen molar-refractivity contribution in [1.29, 1.82) is 0 Å². The van der Waals surface area contributed by atoms with Crippen molar-refractivity contribution in [3.63, 3.8) is 0 Å². The van der Waals surface area contributed by atoms with Gasteiger partial charge in [-0.05, 0) is 49.1 Å². The maximum Gasteiger partial charge on any atom is 0.519 e. The molecule has 1 fully saturated rings. The molecule has 4 nitrogen and oxygen atoms in total. The van der Waals surface area contributed by atoms with Crippen molar-refractivity contribution in [2.45, 2.75) is 44.4 Å². The van der Waals surface area contributed by atoms with Crippen molar-refractivity contribution in [2.24, 2.45) is 0 Å². The van der Waals surface area contributed by atoms with Crippen LogP contribution in [0.1, 0.15) is 48.8 Å². The van der Waals surface area contributed by atoms with Crippen molar-refractivity contribution in [3.8, 4) is 17.2 Å². The number of aromatic hydroxyl groups is 1. The number of phenols is 1. The van der Waals surface area contributed by atoms with Gasteiger partial charge >= 0.3 is 6.16 Å². The van der Waals surface area contributed by atoms with Crippen LogP contribution in [0.2, 0.25) is 0 Å². The maximum absolute atomic E-state index is 12.6. The largest absolute Gasteiger partial charge is 0.519 e. The molecule has 0 aliphatic heterocycles. The highest BCUT2D eigenvalue weighted by Crippen LogP contribution is 2.63. The summed E-state index contributed by atoms with van der Waals surface area (Å²) in [5, 5.41) is 12.5. The van der Waals surface area contributed by atoms with Crippen LogP contribution in [-0.2, 0) is 5.41 Å². The minimum Gasteiger partial charge on any atom is -0.507 e. The van der Waals surface area contributed by atoms with E-state index in [2.05, 4.69) is 6.92 Å². The van der Waals surface area contributed by atoms with Crippen LogP contribution in [0.25, 0.3) is 10.8 Å². The van der Waals surface area contributed by atoms with Crippen LogP contribution in [0, 0.1) is 6.92 Å². The number of aryl methyl sites for hydroxylation is 1. The number of fused-ring (bicyclic) bond motifs is 6. The predicted molar refractivity (Wildman–Crippen MR) is 107 cm³/mol. The summed E-state index contributed by atoms with van der Waals surface area (Å²) >= 11 is 0. The molecule has 2 atom stereocenters. The van der Waals surface area contributed by atoms with E-state index in [9.17, 15) is 9.90 Å². The number of carbonyl (C=O) groups excluding carboxylic acids is 1. The van der Waals surface area contributed by atoms with Gasteiger partial charge in [-0.3, -0.25) is 0 Å². The third kappa shape index (κ3) is 2.40. The normalized spacial score (nSPS) is 22.3. The molecule has 2 unspecified atom stereocenters. The molecule has 4 heteroatoms. The second kappa shape index (κ2) is 5.99. The Morgan fingerprint density at radius 3 is 2.57 bits per heavy atom. The number of hydrogen-bond donors (Lipinski definition) is 1. The third-order valence-electron chi connectivity index (χ3n) is 6.40. The predicted octanol–water partition coefficient (Wildman–Crippen LogP) is 5.97. The first-order chi connectivity index (χ1) is 13.5. The summed E-state index contributed by atoms with van der Waals surface area (Å²) in [6.07, 6.45) is 2.32. The standard InChI is InChI=1S/C24H22O4/c1-14-7-3-6-10-18(14)27-23(26)28-22-17-9-5-4-8-16(17)21(25)20-19(22)15-11-12-24(20,2)13-15/h3-10,15,25H,11-13H2,1-2H3. The van der Waals surface area contributed by atoms with Crippen molar-refractivity contribution in [3.05, 3.63) is 65.2 Å². The topological polar surface area (TPSA) is 55.8 Å². The fourth-order valence-corrected chi connectivity index (χ4v) is 5.10. The van der Waals surface area contributed by atoms with E-state index in [0.29, 0.717) is 28.6 Å². The van der Waals surface area contributed by atoms with Crippen molar-refractivity contribution >= 4 is 16.9 Å². The van der Waals surface area contributed by atoms with Crippen molar-refractivity contribution in [2.75, 3.05) is 0 Å². The van der Waals surface area contributed by atoms with Gasteiger partial charge in [0.1, 0.15) is 17.2 Å². The Labute approximate surface area is 163 Å². The van der Waals surface area contributed by atoms with Gasteiger partial charge in [-0.15, -0.1) is 0 Å². The molecule has 2 aliphatic rings. The Balaban J connectivity index is 1.62. The Hall–Kier alpha value is -3.01. The Morgan fingerprint density at radius 2 is 1.79 bits per heavy atom. The summed E-state index contributed by atoms with van der Waals surface area (Å²) in [4.78, 5) is 12.6. The molecule has 1 saturated carbocycles.